The minimum absolute atomic E-state index is 0.0552. The maximum atomic E-state index is 13.6. The molecule has 3 N–H and O–H groups in total. The first-order valence-corrected chi connectivity index (χ1v) is 12.9. The zero-order chi connectivity index (χ0) is 25.1. The summed E-state index contributed by atoms with van der Waals surface area (Å²) in [5.74, 6) is -1.49. The van der Waals surface area contributed by atoms with Crippen LogP contribution in [0.25, 0.3) is 0 Å². The van der Waals surface area contributed by atoms with Crippen LogP contribution < -0.4 is 10.1 Å². The summed E-state index contributed by atoms with van der Waals surface area (Å²) in [4.78, 5) is 15.9. The maximum absolute atomic E-state index is 13.6. The van der Waals surface area contributed by atoms with Crippen LogP contribution in [0.5, 0.6) is 0 Å². The molecule has 0 aromatic heterocycles. The fourth-order valence-electron chi connectivity index (χ4n) is 4.48. The van der Waals surface area contributed by atoms with Gasteiger partial charge >= 0.3 is 0 Å². The lowest BCUT2D eigenvalue weighted by Gasteiger charge is -2.40. The number of carbonyl (C=O) groups excluding carboxylic acids is 1. The second-order valence-electron chi connectivity index (χ2n) is 9.24. The van der Waals surface area contributed by atoms with Crippen LogP contribution in [0.15, 0.2) is 94.9 Å². The molecule has 1 amide bonds. The molecule has 8 heteroatoms. The van der Waals surface area contributed by atoms with Gasteiger partial charge in [-0.2, -0.15) is 13.5 Å². The number of rotatable bonds is 6. The summed E-state index contributed by atoms with van der Waals surface area (Å²) < 4.78 is 25.8. The molecule has 0 aliphatic heterocycles. The Kier molecular flexibility index (Phi) is 7.05. The van der Waals surface area contributed by atoms with Crippen LogP contribution in [-0.4, -0.2) is 30.7 Å². The van der Waals surface area contributed by atoms with Crippen molar-refractivity contribution < 1.29 is 18.3 Å². The number of aliphatic hydroxyl groups is 1. The van der Waals surface area contributed by atoms with Gasteiger partial charge in [-0.25, -0.2) is 4.83 Å². The summed E-state index contributed by atoms with van der Waals surface area (Å²) in [7, 11) is -3.95. The van der Waals surface area contributed by atoms with Crippen molar-refractivity contribution in [2.45, 2.75) is 43.1 Å². The van der Waals surface area contributed by atoms with E-state index in [1.165, 1.54) is 12.1 Å². The van der Waals surface area contributed by atoms with Crippen LogP contribution in [0.4, 0.5) is 5.69 Å². The molecule has 1 fully saturated rings. The molecule has 0 saturated heterocycles. The molecule has 7 nitrogen and oxygen atoms in total. The van der Waals surface area contributed by atoms with Gasteiger partial charge in [-0.05, 0) is 50.1 Å². The molecule has 35 heavy (non-hydrogen) atoms. The third-order valence-electron chi connectivity index (χ3n) is 6.18. The quantitative estimate of drug-likeness (QED) is 0.449. The van der Waals surface area contributed by atoms with E-state index in [4.69, 9.17) is 0 Å². The SMILES string of the molecule is Cc1ccc(S(=O)(=O)N/N=C2/C[C@](C)(O)C[C@@H](c3ccccc3)[C@@H]2C(=O)Nc2ccccc2)cc1. The van der Waals surface area contributed by atoms with Crippen molar-refractivity contribution >= 4 is 27.3 Å². The largest absolute Gasteiger partial charge is 0.390 e. The summed E-state index contributed by atoms with van der Waals surface area (Å²) in [6, 6.07) is 24.9. The van der Waals surface area contributed by atoms with Gasteiger partial charge in [-0.3, -0.25) is 4.79 Å². The number of nitrogens with one attached hydrogen (secondary N) is 2. The lowest BCUT2D eigenvalue weighted by atomic mass is 9.68. The highest BCUT2D eigenvalue weighted by atomic mass is 32.2. The second-order valence-corrected chi connectivity index (χ2v) is 10.9. The van der Waals surface area contributed by atoms with Crippen molar-refractivity contribution in [1.82, 2.24) is 4.83 Å². The molecule has 0 radical (unpaired) electrons. The van der Waals surface area contributed by atoms with E-state index in [-0.39, 0.29) is 22.9 Å². The smallest absolute Gasteiger partial charge is 0.276 e. The van der Waals surface area contributed by atoms with Gasteiger partial charge < -0.3 is 10.4 Å². The summed E-state index contributed by atoms with van der Waals surface area (Å²) in [5.41, 5.74) is 1.54. The molecule has 3 aromatic rings. The number of hydrogen-bond donors (Lipinski definition) is 3. The summed E-state index contributed by atoms with van der Waals surface area (Å²) in [6.07, 6.45) is 0.382. The average Bonchev–Trinajstić information content (AvgIpc) is 2.83. The number of carbonyl (C=O) groups is 1. The van der Waals surface area contributed by atoms with Gasteiger partial charge in [0, 0.05) is 18.0 Å². The van der Waals surface area contributed by atoms with Crippen LogP contribution in [0.3, 0.4) is 0 Å². The van der Waals surface area contributed by atoms with Crippen LogP contribution >= 0.6 is 0 Å². The molecule has 1 aliphatic rings. The second kappa shape index (κ2) is 10.0. The van der Waals surface area contributed by atoms with E-state index >= 15 is 0 Å². The standard InChI is InChI=1S/C27H29N3O4S/c1-19-13-15-22(16-14-19)35(33,34)30-29-24-18-27(2,32)17-23(20-9-5-3-6-10-20)25(24)26(31)28-21-11-7-4-8-12-21/h3-16,23,25,30,32H,17-18H2,1-2H3,(H,28,31)/b29-24-/t23-,25-,27+/m0/s1. The van der Waals surface area contributed by atoms with Crippen LogP contribution in [0, 0.1) is 12.8 Å². The third kappa shape index (κ3) is 5.96. The van der Waals surface area contributed by atoms with Crippen molar-refractivity contribution in [3.63, 3.8) is 0 Å². The predicted octanol–water partition coefficient (Wildman–Crippen LogP) is 4.21. The Labute approximate surface area is 206 Å². The highest BCUT2D eigenvalue weighted by Crippen LogP contribution is 2.41. The molecule has 4 rings (SSSR count). The monoisotopic (exact) mass is 491 g/mol. The van der Waals surface area contributed by atoms with Gasteiger partial charge in [-0.15, -0.1) is 0 Å². The zero-order valence-corrected chi connectivity index (χ0v) is 20.5. The van der Waals surface area contributed by atoms with Crippen molar-refractivity contribution in [2.75, 3.05) is 5.32 Å². The molecule has 3 atom stereocenters. The Morgan fingerprint density at radius 1 is 0.971 bits per heavy atom. The lowest BCUT2D eigenvalue weighted by Crippen LogP contribution is -2.47. The first-order chi connectivity index (χ1) is 16.6. The van der Waals surface area contributed by atoms with Gasteiger partial charge in [0.1, 0.15) is 0 Å². The summed E-state index contributed by atoms with van der Waals surface area (Å²) >= 11 is 0. The van der Waals surface area contributed by atoms with Gasteiger partial charge in [0.2, 0.25) is 5.91 Å². The molecular formula is C27H29N3O4S. The third-order valence-corrected chi connectivity index (χ3v) is 7.40. The Hall–Kier alpha value is -3.49. The zero-order valence-electron chi connectivity index (χ0n) is 19.7. The fourth-order valence-corrected chi connectivity index (χ4v) is 5.32. The van der Waals surface area contributed by atoms with Gasteiger partial charge in [-0.1, -0.05) is 66.2 Å². The predicted molar refractivity (Wildman–Crippen MR) is 137 cm³/mol. The molecule has 0 heterocycles. The van der Waals surface area contributed by atoms with E-state index in [0.717, 1.165) is 11.1 Å². The first-order valence-electron chi connectivity index (χ1n) is 11.4. The van der Waals surface area contributed by atoms with E-state index in [0.29, 0.717) is 12.1 Å². The number of benzene rings is 3. The highest BCUT2D eigenvalue weighted by Gasteiger charge is 2.45. The van der Waals surface area contributed by atoms with Crippen LogP contribution in [0.1, 0.15) is 36.8 Å². The normalized spacial score (nSPS) is 23.6. The Morgan fingerprint density at radius 3 is 2.20 bits per heavy atom. The number of nitrogens with zero attached hydrogens (tertiary/aromatic N) is 1. The van der Waals surface area contributed by atoms with Crippen LogP contribution in [0.2, 0.25) is 0 Å². The van der Waals surface area contributed by atoms with E-state index in [1.54, 1.807) is 31.2 Å². The average molecular weight is 492 g/mol. The Morgan fingerprint density at radius 2 is 1.57 bits per heavy atom. The minimum atomic E-state index is -3.95. The topological polar surface area (TPSA) is 108 Å². The van der Waals surface area contributed by atoms with Crippen molar-refractivity contribution in [3.05, 3.63) is 96.1 Å². The number of hydrazone groups is 1. The van der Waals surface area contributed by atoms with Crippen LogP contribution in [-0.2, 0) is 14.8 Å². The van der Waals surface area contributed by atoms with E-state index in [1.807, 2.05) is 55.5 Å². The number of aryl methyl sites for hydroxylation is 1. The molecule has 1 aliphatic carbocycles. The Balaban J connectivity index is 1.72. The van der Waals surface area contributed by atoms with E-state index in [9.17, 15) is 18.3 Å². The van der Waals surface area contributed by atoms with Crippen molar-refractivity contribution in [2.24, 2.45) is 11.0 Å². The number of para-hydroxylation sites is 1. The maximum Gasteiger partial charge on any atom is 0.276 e. The summed E-state index contributed by atoms with van der Waals surface area (Å²) in [5, 5.41) is 18.2. The lowest BCUT2D eigenvalue weighted by molar-refractivity contribution is -0.119. The summed E-state index contributed by atoms with van der Waals surface area (Å²) in [6.45, 7) is 3.55. The molecule has 1 saturated carbocycles. The number of anilines is 1. The molecule has 0 spiro atoms. The first kappa shape index (κ1) is 24.6. The molecule has 3 aromatic carbocycles. The number of sulfonamides is 1. The van der Waals surface area contributed by atoms with Crippen molar-refractivity contribution in [3.8, 4) is 0 Å². The fraction of sp³-hybridized carbons (Fsp3) is 0.259. The minimum Gasteiger partial charge on any atom is -0.390 e. The Bertz CT molecular complexity index is 1310. The molecule has 182 valence electrons. The van der Waals surface area contributed by atoms with Gasteiger partial charge in [0.15, 0.2) is 0 Å². The molecular weight excluding hydrogens is 462 g/mol. The molecule has 0 bridgehead atoms. The highest BCUT2D eigenvalue weighted by molar-refractivity contribution is 7.89. The van der Waals surface area contributed by atoms with E-state index in [2.05, 4.69) is 15.2 Å². The number of hydrogen-bond acceptors (Lipinski definition) is 5. The number of amides is 1. The van der Waals surface area contributed by atoms with E-state index < -0.39 is 27.5 Å². The van der Waals surface area contributed by atoms with Gasteiger partial charge in [0.25, 0.3) is 10.0 Å². The van der Waals surface area contributed by atoms with Gasteiger partial charge in [0.05, 0.1) is 22.1 Å². The molecule has 0 unspecified atom stereocenters. The van der Waals surface area contributed by atoms with Crippen molar-refractivity contribution in [1.29, 1.82) is 0 Å².